The van der Waals surface area contributed by atoms with E-state index in [0.29, 0.717) is 28.9 Å². The Labute approximate surface area is 172 Å². The van der Waals surface area contributed by atoms with Gasteiger partial charge in [-0.1, -0.05) is 30.0 Å². The molecule has 0 unspecified atom stereocenters. The molecule has 29 heavy (non-hydrogen) atoms. The Kier molecular flexibility index (Phi) is 6.90. The summed E-state index contributed by atoms with van der Waals surface area (Å²) in [5, 5.41) is 15.1. The van der Waals surface area contributed by atoms with Crippen LogP contribution in [0, 0.1) is 0 Å². The highest BCUT2D eigenvalue weighted by molar-refractivity contribution is 7.99. The number of para-hydroxylation sites is 1. The first-order chi connectivity index (χ1) is 14.2. The molecule has 0 aliphatic heterocycles. The number of carbonyl (C=O) groups excluding carboxylic acids is 1. The van der Waals surface area contributed by atoms with Crippen LogP contribution in [-0.2, 0) is 11.3 Å². The van der Waals surface area contributed by atoms with E-state index in [4.69, 9.17) is 14.2 Å². The summed E-state index contributed by atoms with van der Waals surface area (Å²) in [6, 6.07) is 13.1. The molecule has 0 bridgehead atoms. The molecule has 1 amide bonds. The second kappa shape index (κ2) is 9.78. The van der Waals surface area contributed by atoms with Gasteiger partial charge in [-0.3, -0.25) is 4.79 Å². The maximum atomic E-state index is 12.3. The molecule has 0 fully saturated rings. The monoisotopic (exact) mass is 415 g/mol. The normalized spacial score (nSPS) is 10.4. The third kappa shape index (κ3) is 4.96. The fourth-order valence-corrected chi connectivity index (χ4v) is 3.34. The zero-order valence-corrected chi connectivity index (χ0v) is 17.1. The summed E-state index contributed by atoms with van der Waals surface area (Å²) in [5.41, 5.74) is 1.66. The molecule has 1 heterocycles. The van der Waals surface area contributed by atoms with Crippen LogP contribution in [0.2, 0.25) is 0 Å². The molecule has 0 aliphatic carbocycles. The van der Waals surface area contributed by atoms with Crippen molar-refractivity contribution in [2.24, 2.45) is 0 Å². The molecule has 2 aromatic carbocycles. The Morgan fingerprint density at radius 1 is 1.07 bits per heavy atom. The summed E-state index contributed by atoms with van der Waals surface area (Å²) < 4.78 is 17.6. The van der Waals surface area contributed by atoms with E-state index in [1.807, 2.05) is 30.3 Å². The van der Waals surface area contributed by atoms with Gasteiger partial charge in [0, 0.05) is 6.54 Å². The van der Waals surface area contributed by atoms with Crippen molar-refractivity contribution >= 4 is 17.7 Å². The van der Waals surface area contributed by atoms with E-state index in [1.165, 1.54) is 11.8 Å². The number of hydrogen-bond donors (Lipinski definition) is 1. The highest BCUT2D eigenvalue weighted by atomic mass is 32.2. The van der Waals surface area contributed by atoms with Gasteiger partial charge >= 0.3 is 0 Å². The van der Waals surface area contributed by atoms with Crippen molar-refractivity contribution in [3.05, 3.63) is 48.0 Å². The lowest BCUT2D eigenvalue weighted by atomic mass is 10.2. The van der Waals surface area contributed by atoms with Gasteiger partial charge in [-0.2, -0.15) is 4.68 Å². The van der Waals surface area contributed by atoms with Gasteiger partial charge in [-0.15, -0.1) is 5.10 Å². The highest BCUT2D eigenvalue weighted by Gasteiger charge is 2.15. The predicted octanol–water partition coefficient (Wildman–Crippen LogP) is 2.10. The van der Waals surface area contributed by atoms with Crippen molar-refractivity contribution in [3.63, 3.8) is 0 Å². The van der Waals surface area contributed by atoms with Crippen LogP contribution < -0.4 is 19.5 Å². The highest BCUT2D eigenvalue weighted by Crippen LogP contribution is 2.38. The second-order valence-electron chi connectivity index (χ2n) is 5.81. The second-order valence-corrected chi connectivity index (χ2v) is 6.75. The first-order valence-electron chi connectivity index (χ1n) is 8.68. The molecule has 1 aromatic heterocycles. The van der Waals surface area contributed by atoms with Crippen molar-refractivity contribution in [2.75, 3.05) is 27.1 Å². The van der Waals surface area contributed by atoms with Crippen molar-refractivity contribution in [1.29, 1.82) is 0 Å². The van der Waals surface area contributed by atoms with Gasteiger partial charge in [0.1, 0.15) is 0 Å². The molecular weight excluding hydrogens is 394 g/mol. The first kappa shape index (κ1) is 20.5. The Bertz CT molecular complexity index is 939. The molecule has 3 aromatic rings. The smallest absolute Gasteiger partial charge is 0.230 e. The lowest BCUT2D eigenvalue weighted by Gasteiger charge is -2.14. The van der Waals surface area contributed by atoms with Gasteiger partial charge in [0.25, 0.3) is 0 Å². The Morgan fingerprint density at radius 2 is 1.76 bits per heavy atom. The maximum Gasteiger partial charge on any atom is 0.230 e. The minimum atomic E-state index is -0.147. The van der Waals surface area contributed by atoms with E-state index < -0.39 is 0 Å². The summed E-state index contributed by atoms with van der Waals surface area (Å²) in [6.07, 6.45) is 0. The summed E-state index contributed by atoms with van der Waals surface area (Å²) in [4.78, 5) is 12.3. The standard InChI is InChI=1S/C19H21N5O4S/c1-26-15-9-13(10-16(27-2)18(15)28-3)11-20-17(25)12-29-19-21-22-23-24(19)14-7-5-4-6-8-14/h4-10H,11-12H2,1-3H3,(H,20,25). The number of ether oxygens (including phenoxy) is 3. The minimum absolute atomic E-state index is 0.147. The number of nitrogens with zero attached hydrogens (tertiary/aromatic N) is 4. The van der Waals surface area contributed by atoms with Gasteiger partial charge in [-0.05, 0) is 40.3 Å². The van der Waals surface area contributed by atoms with Crippen LogP contribution >= 0.6 is 11.8 Å². The third-order valence-electron chi connectivity index (χ3n) is 3.99. The van der Waals surface area contributed by atoms with Crippen LogP contribution in [-0.4, -0.2) is 53.2 Å². The minimum Gasteiger partial charge on any atom is -0.493 e. The average molecular weight is 415 g/mol. The lowest BCUT2D eigenvalue weighted by molar-refractivity contribution is -0.118. The van der Waals surface area contributed by atoms with Gasteiger partial charge in [0.05, 0.1) is 32.8 Å². The molecule has 10 heteroatoms. The van der Waals surface area contributed by atoms with E-state index in [1.54, 1.807) is 38.1 Å². The number of methoxy groups -OCH3 is 3. The average Bonchev–Trinajstić information content (AvgIpc) is 3.24. The van der Waals surface area contributed by atoms with Crippen molar-refractivity contribution in [3.8, 4) is 22.9 Å². The topological polar surface area (TPSA) is 100 Å². The molecule has 0 atom stereocenters. The van der Waals surface area contributed by atoms with Crippen molar-refractivity contribution < 1.29 is 19.0 Å². The number of benzene rings is 2. The van der Waals surface area contributed by atoms with Crippen molar-refractivity contribution in [2.45, 2.75) is 11.7 Å². The van der Waals surface area contributed by atoms with Gasteiger partial charge in [0.15, 0.2) is 11.5 Å². The number of thioether (sulfide) groups is 1. The number of hydrogen-bond acceptors (Lipinski definition) is 8. The Hall–Kier alpha value is -3.27. The quantitative estimate of drug-likeness (QED) is 0.530. The Balaban J connectivity index is 1.60. The summed E-state index contributed by atoms with van der Waals surface area (Å²) in [6.45, 7) is 0.319. The summed E-state index contributed by atoms with van der Waals surface area (Å²) in [5.74, 6) is 1.61. The zero-order valence-electron chi connectivity index (χ0n) is 16.3. The number of tetrazole rings is 1. The van der Waals surface area contributed by atoms with Crippen LogP contribution in [0.15, 0.2) is 47.6 Å². The molecule has 0 saturated heterocycles. The SMILES string of the molecule is COc1cc(CNC(=O)CSc2nnnn2-c2ccccc2)cc(OC)c1OC. The molecule has 9 nitrogen and oxygen atoms in total. The van der Waals surface area contributed by atoms with Crippen molar-refractivity contribution in [1.82, 2.24) is 25.5 Å². The summed E-state index contributed by atoms with van der Waals surface area (Å²) in [7, 11) is 4.64. The largest absolute Gasteiger partial charge is 0.493 e. The number of carbonyl (C=O) groups is 1. The molecule has 152 valence electrons. The molecule has 0 spiro atoms. The van der Waals surface area contributed by atoms with Crippen LogP contribution in [0.4, 0.5) is 0 Å². The Morgan fingerprint density at radius 3 is 2.38 bits per heavy atom. The fraction of sp³-hybridized carbons (Fsp3) is 0.263. The number of aromatic nitrogens is 4. The first-order valence-corrected chi connectivity index (χ1v) is 9.67. The zero-order chi connectivity index (χ0) is 20.6. The predicted molar refractivity (Wildman–Crippen MR) is 108 cm³/mol. The molecule has 0 aliphatic rings. The number of nitrogens with one attached hydrogen (secondary N) is 1. The van der Waals surface area contributed by atoms with Crippen LogP contribution in [0.25, 0.3) is 5.69 Å². The van der Waals surface area contributed by atoms with E-state index >= 15 is 0 Å². The molecule has 1 N–H and O–H groups in total. The van der Waals surface area contributed by atoms with E-state index in [-0.39, 0.29) is 11.7 Å². The third-order valence-corrected chi connectivity index (χ3v) is 4.91. The van der Waals surface area contributed by atoms with E-state index in [0.717, 1.165) is 11.3 Å². The number of amides is 1. The fourth-order valence-electron chi connectivity index (χ4n) is 2.62. The van der Waals surface area contributed by atoms with Crippen LogP contribution in [0.5, 0.6) is 17.2 Å². The summed E-state index contributed by atoms with van der Waals surface area (Å²) >= 11 is 1.26. The molecule has 0 radical (unpaired) electrons. The molecule has 0 saturated carbocycles. The maximum absolute atomic E-state index is 12.3. The van der Waals surface area contributed by atoms with Crippen LogP contribution in [0.3, 0.4) is 0 Å². The van der Waals surface area contributed by atoms with E-state index in [2.05, 4.69) is 20.8 Å². The molecule has 3 rings (SSSR count). The molecular formula is C19H21N5O4S. The van der Waals surface area contributed by atoms with Gasteiger partial charge < -0.3 is 19.5 Å². The number of rotatable bonds is 9. The van der Waals surface area contributed by atoms with E-state index in [9.17, 15) is 4.79 Å². The van der Waals surface area contributed by atoms with Crippen LogP contribution in [0.1, 0.15) is 5.56 Å². The lowest BCUT2D eigenvalue weighted by Crippen LogP contribution is -2.24. The van der Waals surface area contributed by atoms with Gasteiger partial charge in [-0.25, -0.2) is 0 Å². The van der Waals surface area contributed by atoms with Gasteiger partial charge in [0.2, 0.25) is 16.8 Å².